The van der Waals surface area contributed by atoms with Gasteiger partial charge < -0.3 is 10.1 Å². The molecule has 3 aromatic heterocycles. The molecule has 0 aliphatic rings. The van der Waals surface area contributed by atoms with Crippen LogP contribution >= 0.6 is 0 Å². The minimum atomic E-state index is 0.497. The molecular formula is C22H20N6O. The van der Waals surface area contributed by atoms with E-state index < -0.39 is 0 Å². The monoisotopic (exact) mass is 384 g/mol. The fourth-order valence-electron chi connectivity index (χ4n) is 2.89. The Morgan fingerprint density at radius 2 is 1.93 bits per heavy atom. The Kier molecular flexibility index (Phi) is 5.29. The Hall–Kier alpha value is -4.00. The number of anilines is 2. The van der Waals surface area contributed by atoms with Crippen LogP contribution in [0.5, 0.6) is 5.75 Å². The van der Waals surface area contributed by atoms with Gasteiger partial charge in [-0.3, -0.25) is 9.67 Å². The van der Waals surface area contributed by atoms with Crippen molar-refractivity contribution in [3.05, 3.63) is 85.0 Å². The summed E-state index contributed by atoms with van der Waals surface area (Å²) in [6.45, 7) is 4.54. The van der Waals surface area contributed by atoms with Crippen LogP contribution in [0, 0.1) is 0 Å². The summed E-state index contributed by atoms with van der Waals surface area (Å²) in [6, 6.07) is 15.8. The Morgan fingerprint density at radius 3 is 2.66 bits per heavy atom. The van der Waals surface area contributed by atoms with E-state index in [-0.39, 0.29) is 0 Å². The van der Waals surface area contributed by atoms with Crippen LogP contribution in [0.15, 0.2) is 73.7 Å². The van der Waals surface area contributed by atoms with Gasteiger partial charge in [-0.2, -0.15) is 5.10 Å². The zero-order valence-corrected chi connectivity index (χ0v) is 16.0. The number of aromatic nitrogens is 5. The highest BCUT2D eigenvalue weighted by Gasteiger charge is 2.14. The third-order valence-corrected chi connectivity index (χ3v) is 4.34. The average Bonchev–Trinajstić information content (AvgIpc) is 3.18. The number of rotatable bonds is 7. The Balaban J connectivity index is 1.67. The molecule has 0 saturated carbocycles. The fraction of sp³-hybridized carbons (Fsp3) is 0.0909. The van der Waals surface area contributed by atoms with Crippen molar-refractivity contribution in [1.29, 1.82) is 0 Å². The quantitative estimate of drug-likeness (QED) is 0.515. The first-order valence-corrected chi connectivity index (χ1v) is 9.09. The van der Waals surface area contributed by atoms with Crippen molar-refractivity contribution in [2.24, 2.45) is 0 Å². The normalized spacial score (nSPS) is 10.5. The molecule has 0 saturated heterocycles. The van der Waals surface area contributed by atoms with Crippen molar-refractivity contribution >= 4 is 17.6 Å². The van der Waals surface area contributed by atoms with Crippen molar-refractivity contribution in [3.63, 3.8) is 0 Å². The predicted molar refractivity (Wildman–Crippen MR) is 113 cm³/mol. The molecule has 0 aliphatic heterocycles. The van der Waals surface area contributed by atoms with Crippen LogP contribution < -0.4 is 10.1 Å². The number of nitrogens with zero attached hydrogens (tertiary/aromatic N) is 5. The summed E-state index contributed by atoms with van der Waals surface area (Å²) in [4.78, 5) is 13.1. The Labute approximate surface area is 168 Å². The molecule has 0 spiro atoms. The van der Waals surface area contributed by atoms with E-state index in [1.165, 1.54) is 0 Å². The number of pyridine rings is 1. The topological polar surface area (TPSA) is 77.8 Å². The molecule has 1 N–H and O–H groups in total. The van der Waals surface area contributed by atoms with Crippen LogP contribution in [0.1, 0.15) is 11.3 Å². The number of hydrogen-bond acceptors (Lipinski definition) is 6. The van der Waals surface area contributed by atoms with Crippen LogP contribution in [0.2, 0.25) is 0 Å². The molecule has 3 heterocycles. The molecule has 0 unspecified atom stereocenters. The molecular weight excluding hydrogens is 364 g/mol. The molecule has 0 amide bonds. The van der Waals surface area contributed by atoms with Gasteiger partial charge in [-0.05, 0) is 29.8 Å². The second kappa shape index (κ2) is 8.35. The van der Waals surface area contributed by atoms with Gasteiger partial charge in [0.2, 0.25) is 0 Å². The van der Waals surface area contributed by atoms with Crippen LogP contribution in [0.4, 0.5) is 11.5 Å². The first kappa shape index (κ1) is 18.4. The summed E-state index contributed by atoms with van der Waals surface area (Å²) in [7, 11) is 1.58. The molecule has 29 heavy (non-hydrogen) atoms. The fourth-order valence-corrected chi connectivity index (χ4v) is 2.89. The molecule has 0 bridgehead atoms. The number of nitrogens with one attached hydrogen (secondary N) is 1. The second-order valence-electron chi connectivity index (χ2n) is 6.27. The van der Waals surface area contributed by atoms with Crippen LogP contribution in [-0.4, -0.2) is 31.8 Å². The SMILES string of the molecule is C=Cc1cc(-c2ncc(OC)c(Nc3ccncc3)n2)nn1Cc1ccccc1. The maximum Gasteiger partial charge on any atom is 0.182 e. The molecule has 7 nitrogen and oxygen atoms in total. The van der Waals surface area contributed by atoms with Gasteiger partial charge in [-0.25, -0.2) is 9.97 Å². The first-order valence-electron chi connectivity index (χ1n) is 9.09. The molecule has 0 atom stereocenters. The standard InChI is InChI=1S/C22H20N6O/c1-3-18-13-19(27-28(18)15-16-7-5-4-6-8-16)21-24-14-20(29-2)22(26-21)25-17-9-11-23-12-10-17/h3-14H,1,15H2,2H3,(H,23,24,25,26). The van der Waals surface area contributed by atoms with Gasteiger partial charge in [0.15, 0.2) is 17.4 Å². The number of hydrogen-bond donors (Lipinski definition) is 1. The van der Waals surface area contributed by atoms with E-state index in [0.29, 0.717) is 29.6 Å². The summed E-state index contributed by atoms with van der Waals surface area (Å²) >= 11 is 0. The lowest BCUT2D eigenvalue weighted by molar-refractivity contribution is 0.413. The average molecular weight is 384 g/mol. The van der Waals surface area contributed by atoms with Crippen molar-refractivity contribution in [1.82, 2.24) is 24.7 Å². The summed E-state index contributed by atoms with van der Waals surface area (Å²) in [5.41, 5.74) is 3.56. The lowest BCUT2D eigenvalue weighted by atomic mass is 10.2. The maximum atomic E-state index is 5.39. The molecule has 0 radical (unpaired) electrons. The lowest BCUT2D eigenvalue weighted by Gasteiger charge is -2.10. The Bertz CT molecular complexity index is 1110. The highest BCUT2D eigenvalue weighted by Crippen LogP contribution is 2.27. The zero-order valence-electron chi connectivity index (χ0n) is 16.0. The number of benzene rings is 1. The third-order valence-electron chi connectivity index (χ3n) is 4.34. The van der Waals surface area contributed by atoms with E-state index in [4.69, 9.17) is 9.84 Å². The summed E-state index contributed by atoms with van der Waals surface area (Å²) in [5, 5.41) is 7.93. The molecule has 4 rings (SSSR count). The van der Waals surface area contributed by atoms with Gasteiger partial charge >= 0.3 is 0 Å². The molecule has 144 valence electrons. The molecule has 1 aromatic carbocycles. The number of ether oxygens (including phenoxy) is 1. The van der Waals surface area contributed by atoms with Gasteiger partial charge in [-0.15, -0.1) is 0 Å². The summed E-state index contributed by atoms with van der Waals surface area (Å²) < 4.78 is 7.28. The van der Waals surface area contributed by atoms with E-state index in [0.717, 1.165) is 16.9 Å². The smallest absolute Gasteiger partial charge is 0.182 e. The predicted octanol–water partition coefficient (Wildman–Crippen LogP) is 4.18. The maximum absolute atomic E-state index is 5.39. The highest BCUT2D eigenvalue weighted by atomic mass is 16.5. The molecule has 4 aromatic rings. The van der Waals surface area contributed by atoms with Gasteiger partial charge in [0.05, 0.1) is 25.5 Å². The Morgan fingerprint density at radius 1 is 1.14 bits per heavy atom. The second-order valence-corrected chi connectivity index (χ2v) is 6.27. The largest absolute Gasteiger partial charge is 0.491 e. The summed E-state index contributed by atoms with van der Waals surface area (Å²) in [6.07, 6.45) is 6.83. The molecule has 0 aliphatic carbocycles. The van der Waals surface area contributed by atoms with Crippen molar-refractivity contribution in [3.8, 4) is 17.3 Å². The van der Waals surface area contributed by atoms with Gasteiger partial charge in [-0.1, -0.05) is 36.9 Å². The zero-order chi connectivity index (χ0) is 20.1. The van der Waals surface area contributed by atoms with E-state index in [1.54, 1.807) is 31.8 Å². The highest BCUT2D eigenvalue weighted by molar-refractivity contribution is 5.65. The number of methoxy groups -OCH3 is 1. The van der Waals surface area contributed by atoms with Crippen molar-refractivity contribution in [2.75, 3.05) is 12.4 Å². The van der Waals surface area contributed by atoms with Gasteiger partial charge in [0, 0.05) is 18.1 Å². The molecule has 7 heteroatoms. The van der Waals surface area contributed by atoms with E-state index in [9.17, 15) is 0 Å². The van der Waals surface area contributed by atoms with Crippen LogP contribution in [-0.2, 0) is 6.54 Å². The van der Waals surface area contributed by atoms with Crippen molar-refractivity contribution < 1.29 is 4.74 Å². The third kappa shape index (κ3) is 4.14. The van der Waals surface area contributed by atoms with E-state index >= 15 is 0 Å². The van der Waals surface area contributed by atoms with Crippen LogP contribution in [0.25, 0.3) is 17.6 Å². The lowest BCUT2D eigenvalue weighted by Crippen LogP contribution is -2.04. The van der Waals surface area contributed by atoms with Crippen LogP contribution in [0.3, 0.4) is 0 Å². The van der Waals surface area contributed by atoms with Crippen molar-refractivity contribution in [2.45, 2.75) is 6.54 Å². The van der Waals surface area contributed by atoms with Gasteiger partial charge in [0.25, 0.3) is 0 Å². The first-order chi connectivity index (χ1) is 14.3. The van der Waals surface area contributed by atoms with Gasteiger partial charge in [0.1, 0.15) is 5.69 Å². The van der Waals surface area contributed by atoms with E-state index in [1.807, 2.05) is 41.1 Å². The molecule has 0 fully saturated rings. The minimum absolute atomic E-state index is 0.497. The summed E-state index contributed by atoms with van der Waals surface area (Å²) in [5.74, 6) is 1.59. The minimum Gasteiger partial charge on any atom is -0.491 e. The van der Waals surface area contributed by atoms with E-state index in [2.05, 4.69) is 39.0 Å².